The van der Waals surface area contributed by atoms with Crippen molar-refractivity contribution < 1.29 is 0 Å². The van der Waals surface area contributed by atoms with Crippen molar-refractivity contribution in [3.63, 3.8) is 0 Å². The Morgan fingerprint density at radius 1 is 0.714 bits per heavy atom. The molecule has 0 bridgehead atoms. The molecule has 0 unspecified atom stereocenters. The second kappa shape index (κ2) is 3.18. The van der Waals surface area contributed by atoms with E-state index in [1.807, 2.05) is 0 Å². The van der Waals surface area contributed by atoms with Crippen molar-refractivity contribution in [1.82, 2.24) is 0 Å². The molecule has 2 heteroatoms. The van der Waals surface area contributed by atoms with Crippen LogP contribution >= 0.6 is 0 Å². The fourth-order valence-corrected chi connectivity index (χ4v) is 3.90. The Morgan fingerprint density at radius 3 is 1.79 bits per heavy atom. The molecule has 1 nitrogen and oxygen atoms in total. The van der Waals surface area contributed by atoms with Gasteiger partial charge in [-0.3, -0.25) is 0 Å². The first-order chi connectivity index (χ1) is 6.93. The number of rotatable bonds is 0. The first-order valence-electron chi connectivity index (χ1n) is 4.60. The van der Waals surface area contributed by atoms with Crippen molar-refractivity contribution in [2.24, 2.45) is 0 Å². The molecule has 2 aromatic carbocycles. The molecule has 0 spiro atoms. The van der Waals surface area contributed by atoms with E-state index < -0.39 is 0 Å². The molecule has 1 heterocycles. The van der Waals surface area contributed by atoms with Crippen LogP contribution in [0.2, 0.25) is 0 Å². The van der Waals surface area contributed by atoms with Crippen LogP contribution in [0.15, 0.2) is 48.5 Å². The summed E-state index contributed by atoms with van der Waals surface area (Å²) in [5, 5.41) is 3.46. The predicted octanol–water partition coefficient (Wildman–Crippen LogP) is 1.40. The average molecular weight is 242 g/mol. The van der Waals surface area contributed by atoms with E-state index in [4.69, 9.17) is 0 Å². The number of para-hydroxylation sites is 2. The summed E-state index contributed by atoms with van der Waals surface area (Å²) in [4.78, 5) is 0. The van der Waals surface area contributed by atoms with Crippen LogP contribution in [0.4, 0.5) is 11.4 Å². The first kappa shape index (κ1) is 8.14. The zero-order chi connectivity index (χ0) is 9.38. The van der Waals surface area contributed by atoms with E-state index in [0.717, 1.165) is 0 Å². The van der Waals surface area contributed by atoms with Gasteiger partial charge >= 0.3 is 89.7 Å². The first-order valence-corrected chi connectivity index (χ1v) is 6.48. The van der Waals surface area contributed by atoms with Crippen LogP contribution in [0, 0.1) is 0 Å². The molecule has 1 N–H and O–H groups in total. The summed E-state index contributed by atoms with van der Waals surface area (Å²) >= 11 is 0.165. The van der Waals surface area contributed by atoms with Crippen molar-refractivity contribution in [3.05, 3.63) is 48.5 Å². The van der Waals surface area contributed by atoms with Crippen LogP contribution in [-0.2, 0) is 0 Å². The quantitative estimate of drug-likeness (QED) is 0.587. The molecule has 1 aliphatic rings. The molecule has 3 rings (SSSR count). The molecule has 0 atom stereocenters. The molecule has 14 heavy (non-hydrogen) atoms. The van der Waals surface area contributed by atoms with E-state index >= 15 is 0 Å². The molecule has 0 fully saturated rings. The second-order valence-electron chi connectivity index (χ2n) is 3.27. The number of hydrogen-bond acceptors (Lipinski definition) is 1. The van der Waals surface area contributed by atoms with Crippen LogP contribution in [0.5, 0.6) is 0 Å². The molecule has 0 aromatic heterocycles. The van der Waals surface area contributed by atoms with Crippen molar-refractivity contribution in [2.45, 2.75) is 0 Å². The van der Waals surface area contributed by atoms with Gasteiger partial charge < -0.3 is 0 Å². The summed E-state index contributed by atoms with van der Waals surface area (Å²) in [6.07, 6.45) is 0. The zero-order valence-corrected chi connectivity index (χ0v) is 9.44. The van der Waals surface area contributed by atoms with Crippen LogP contribution in [0.1, 0.15) is 0 Å². The molecule has 0 saturated carbocycles. The van der Waals surface area contributed by atoms with Crippen LogP contribution in [-0.4, -0.2) is 15.8 Å². The number of fused-ring (bicyclic) bond motifs is 2. The maximum atomic E-state index is 3.46. The van der Waals surface area contributed by atoms with Crippen molar-refractivity contribution in [1.29, 1.82) is 0 Å². The van der Waals surface area contributed by atoms with Crippen LogP contribution in [0.3, 0.4) is 0 Å². The van der Waals surface area contributed by atoms with Crippen LogP contribution < -0.4 is 14.0 Å². The molecule has 1 radical (unpaired) electrons. The summed E-state index contributed by atoms with van der Waals surface area (Å²) in [7, 11) is 0. The summed E-state index contributed by atoms with van der Waals surface area (Å²) in [6.45, 7) is 0. The van der Waals surface area contributed by atoms with E-state index in [2.05, 4.69) is 53.8 Å². The molecule has 67 valence electrons. The van der Waals surface area contributed by atoms with Gasteiger partial charge in [-0.25, -0.2) is 0 Å². The maximum absolute atomic E-state index is 3.46. The summed E-state index contributed by atoms with van der Waals surface area (Å²) in [5.41, 5.74) is 2.57. The normalized spacial score (nSPS) is 12.6. The topological polar surface area (TPSA) is 12.0 Å². The van der Waals surface area contributed by atoms with Crippen molar-refractivity contribution in [3.8, 4) is 0 Å². The zero-order valence-electron chi connectivity index (χ0n) is 7.57. The Labute approximate surface area is 89.8 Å². The standard InChI is InChI=1S/C12H9AsN/c1-3-7-11-9(5-1)13-10-6-2-4-8-12(10)14-11/h1-8,14H. The Bertz CT molecular complexity index is 392. The summed E-state index contributed by atoms with van der Waals surface area (Å²) in [5.74, 6) is 0. The van der Waals surface area contributed by atoms with Gasteiger partial charge in [0.1, 0.15) is 0 Å². The average Bonchev–Trinajstić information content (AvgIpc) is 2.26. The number of benzene rings is 2. The van der Waals surface area contributed by atoms with Gasteiger partial charge in [0.05, 0.1) is 0 Å². The molecule has 2 aromatic rings. The minimum atomic E-state index is 0.165. The SMILES string of the molecule is c1ccc2c(c1)Nc1ccccc1[As]2. The van der Waals surface area contributed by atoms with Gasteiger partial charge in [-0.15, -0.1) is 0 Å². The molecule has 0 amide bonds. The molecule has 0 aliphatic carbocycles. The van der Waals surface area contributed by atoms with Gasteiger partial charge in [0, 0.05) is 0 Å². The van der Waals surface area contributed by atoms with Gasteiger partial charge in [-0.2, -0.15) is 0 Å². The van der Waals surface area contributed by atoms with Crippen molar-refractivity contribution in [2.75, 3.05) is 5.32 Å². The van der Waals surface area contributed by atoms with Gasteiger partial charge in [0.15, 0.2) is 0 Å². The summed E-state index contributed by atoms with van der Waals surface area (Å²) < 4.78 is 2.95. The molecule has 0 saturated heterocycles. The van der Waals surface area contributed by atoms with E-state index in [1.54, 1.807) is 0 Å². The fraction of sp³-hybridized carbons (Fsp3) is 0. The minimum absolute atomic E-state index is 0.165. The molecule has 1 aliphatic heterocycles. The Morgan fingerprint density at radius 2 is 1.21 bits per heavy atom. The number of anilines is 2. The van der Waals surface area contributed by atoms with E-state index in [-0.39, 0.29) is 15.8 Å². The monoisotopic (exact) mass is 242 g/mol. The number of hydrogen-bond donors (Lipinski definition) is 1. The Balaban J connectivity index is 2.12. The third-order valence-electron chi connectivity index (χ3n) is 2.32. The molecular formula is C12H9AsN. The predicted molar refractivity (Wildman–Crippen MR) is 61.2 cm³/mol. The van der Waals surface area contributed by atoms with E-state index in [1.165, 1.54) is 20.1 Å². The van der Waals surface area contributed by atoms with Crippen molar-refractivity contribution >= 4 is 35.8 Å². The fourth-order valence-electron chi connectivity index (χ4n) is 1.63. The van der Waals surface area contributed by atoms with Gasteiger partial charge in [-0.05, 0) is 0 Å². The van der Waals surface area contributed by atoms with E-state index in [9.17, 15) is 0 Å². The third-order valence-corrected chi connectivity index (χ3v) is 4.97. The van der Waals surface area contributed by atoms with Gasteiger partial charge in [0.2, 0.25) is 0 Å². The van der Waals surface area contributed by atoms with E-state index in [0.29, 0.717) is 0 Å². The van der Waals surface area contributed by atoms with Gasteiger partial charge in [-0.1, -0.05) is 0 Å². The number of nitrogens with one attached hydrogen (secondary N) is 1. The second-order valence-corrected chi connectivity index (χ2v) is 5.76. The molecular weight excluding hydrogens is 233 g/mol. The summed E-state index contributed by atoms with van der Waals surface area (Å²) in [6, 6.07) is 17.1. The van der Waals surface area contributed by atoms with Gasteiger partial charge in [0.25, 0.3) is 0 Å². The Hall–Kier alpha value is -1.20. The Kier molecular flexibility index (Phi) is 1.85. The van der Waals surface area contributed by atoms with Crippen LogP contribution in [0.25, 0.3) is 0 Å². The third kappa shape index (κ3) is 1.25.